The van der Waals surface area contributed by atoms with Gasteiger partial charge in [-0.2, -0.15) is 0 Å². The van der Waals surface area contributed by atoms with Crippen LogP contribution in [0.25, 0.3) is 10.9 Å². The van der Waals surface area contributed by atoms with Crippen LogP contribution in [-0.4, -0.2) is 32.6 Å². The number of benzene rings is 2. The lowest BCUT2D eigenvalue weighted by atomic mass is 10.0. The van der Waals surface area contributed by atoms with E-state index in [1.54, 1.807) is 62.4 Å². The van der Waals surface area contributed by atoms with Crippen LogP contribution in [0.2, 0.25) is 0 Å². The Bertz CT molecular complexity index is 1180. The van der Waals surface area contributed by atoms with E-state index in [0.717, 1.165) is 10.1 Å². The highest BCUT2D eigenvalue weighted by Crippen LogP contribution is 2.15. The van der Waals surface area contributed by atoms with Crippen LogP contribution in [0.1, 0.15) is 25.5 Å². The molecule has 0 radical (unpaired) electrons. The lowest BCUT2D eigenvalue weighted by Crippen LogP contribution is -2.51. The second-order valence-corrected chi connectivity index (χ2v) is 7.42. The highest BCUT2D eigenvalue weighted by molar-refractivity contribution is 5.86. The Hall–Kier alpha value is -3.68. The van der Waals surface area contributed by atoms with E-state index in [9.17, 15) is 24.3 Å². The minimum Gasteiger partial charge on any atom is -0.480 e. The number of hydrogen-bond donors (Lipinski definition) is 3. The molecule has 3 aromatic rings. The quantitative estimate of drug-likeness (QED) is 0.548. The summed E-state index contributed by atoms with van der Waals surface area (Å²) in [7, 11) is 0. The summed E-state index contributed by atoms with van der Waals surface area (Å²) in [6, 6.07) is 13.1. The second-order valence-electron chi connectivity index (χ2n) is 7.42. The molecule has 156 valence electrons. The average Bonchev–Trinajstić information content (AvgIpc) is 2.71. The van der Waals surface area contributed by atoms with Gasteiger partial charge in [-0.25, -0.2) is 14.2 Å². The summed E-state index contributed by atoms with van der Waals surface area (Å²) in [4.78, 5) is 53.1. The van der Waals surface area contributed by atoms with E-state index < -0.39 is 35.2 Å². The van der Waals surface area contributed by atoms with E-state index in [2.05, 4.69) is 10.3 Å². The highest BCUT2D eigenvalue weighted by Gasteiger charge is 2.30. The fraction of sp³-hybridized carbons (Fsp3) is 0.273. The first-order chi connectivity index (χ1) is 14.3. The van der Waals surface area contributed by atoms with Crippen molar-refractivity contribution in [3.8, 4) is 0 Å². The predicted octanol–water partition coefficient (Wildman–Crippen LogP) is 1.70. The Labute approximate surface area is 172 Å². The van der Waals surface area contributed by atoms with E-state index >= 15 is 0 Å². The number of nitrogens with zero attached hydrogens (tertiary/aromatic N) is 1. The van der Waals surface area contributed by atoms with E-state index in [4.69, 9.17) is 0 Å². The van der Waals surface area contributed by atoms with Gasteiger partial charge in [0.25, 0.3) is 5.56 Å². The largest absolute Gasteiger partial charge is 0.480 e. The fourth-order valence-electron chi connectivity index (χ4n) is 3.36. The number of para-hydroxylation sites is 1. The number of carbonyl (C=O) groups is 2. The van der Waals surface area contributed by atoms with Gasteiger partial charge in [-0.3, -0.25) is 9.59 Å². The molecular weight excluding hydrogens is 386 g/mol. The van der Waals surface area contributed by atoms with Gasteiger partial charge in [-0.1, -0.05) is 56.3 Å². The lowest BCUT2D eigenvalue weighted by molar-refractivity contribution is -0.143. The van der Waals surface area contributed by atoms with Crippen LogP contribution in [0.4, 0.5) is 0 Å². The molecule has 30 heavy (non-hydrogen) atoms. The molecule has 0 saturated carbocycles. The van der Waals surface area contributed by atoms with E-state index in [0.29, 0.717) is 5.52 Å². The highest BCUT2D eigenvalue weighted by atomic mass is 16.4. The van der Waals surface area contributed by atoms with E-state index in [-0.39, 0.29) is 17.7 Å². The number of aromatic amines is 1. The Kier molecular flexibility index (Phi) is 6.15. The molecule has 8 heteroatoms. The third-order valence-corrected chi connectivity index (χ3v) is 4.95. The molecule has 0 bridgehead atoms. The summed E-state index contributed by atoms with van der Waals surface area (Å²) >= 11 is 0. The standard InChI is InChI=1S/C22H23N3O5/c1-13(2)18(21(28)29)24-19(26)17(12-14-8-4-3-5-9-14)25-20(27)15-10-6-7-11-16(15)23-22(25)30/h3-11,13,17-18H,12H2,1-2H3,(H,23,30)(H,24,26)(H,28,29)/t17-,18-/m1/s1. The molecule has 3 N–H and O–H groups in total. The first-order valence-corrected chi connectivity index (χ1v) is 9.60. The number of carbonyl (C=O) groups excluding carboxylic acids is 1. The lowest BCUT2D eigenvalue weighted by Gasteiger charge is -2.23. The summed E-state index contributed by atoms with van der Waals surface area (Å²) in [5.74, 6) is -2.27. The number of aromatic nitrogens is 2. The van der Waals surface area contributed by atoms with Crippen molar-refractivity contribution >= 4 is 22.8 Å². The van der Waals surface area contributed by atoms with Crippen molar-refractivity contribution in [3.05, 3.63) is 81.0 Å². The molecule has 0 saturated heterocycles. The molecule has 0 aliphatic heterocycles. The van der Waals surface area contributed by atoms with Crippen LogP contribution in [0.15, 0.2) is 64.2 Å². The summed E-state index contributed by atoms with van der Waals surface area (Å²) in [6.45, 7) is 3.33. The normalized spacial score (nSPS) is 13.2. The SMILES string of the molecule is CC(C)[C@@H](NC(=O)[C@@H](Cc1ccccc1)n1c(=O)[nH]c2ccccc2c1=O)C(=O)O. The Morgan fingerprint density at radius 2 is 1.67 bits per heavy atom. The predicted molar refractivity (Wildman–Crippen MR) is 112 cm³/mol. The van der Waals surface area contributed by atoms with Crippen molar-refractivity contribution in [1.82, 2.24) is 14.9 Å². The zero-order valence-corrected chi connectivity index (χ0v) is 16.7. The average molecular weight is 409 g/mol. The van der Waals surface area contributed by atoms with Gasteiger partial charge in [0.2, 0.25) is 5.91 Å². The molecule has 0 unspecified atom stereocenters. The number of fused-ring (bicyclic) bond motifs is 1. The molecule has 3 rings (SSSR count). The van der Waals surface area contributed by atoms with Gasteiger partial charge in [-0.15, -0.1) is 0 Å². The molecule has 0 spiro atoms. The third kappa shape index (κ3) is 4.32. The van der Waals surface area contributed by atoms with Crippen molar-refractivity contribution in [2.45, 2.75) is 32.4 Å². The first kappa shape index (κ1) is 21.0. The second kappa shape index (κ2) is 8.77. The topological polar surface area (TPSA) is 121 Å². The zero-order chi connectivity index (χ0) is 21.8. The van der Waals surface area contributed by atoms with Gasteiger partial charge >= 0.3 is 11.7 Å². The smallest absolute Gasteiger partial charge is 0.329 e. The van der Waals surface area contributed by atoms with E-state index in [1.807, 2.05) is 6.07 Å². The van der Waals surface area contributed by atoms with Gasteiger partial charge in [0, 0.05) is 6.42 Å². The van der Waals surface area contributed by atoms with Gasteiger partial charge in [-0.05, 0) is 23.6 Å². The van der Waals surface area contributed by atoms with Crippen molar-refractivity contribution in [2.24, 2.45) is 5.92 Å². The molecule has 8 nitrogen and oxygen atoms in total. The minimum absolute atomic E-state index is 0.0540. The molecule has 0 aliphatic rings. The monoisotopic (exact) mass is 409 g/mol. The van der Waals surface area contributed by atoms with Crippen LogP contribution < -0.4 is 16.6 Å². The van der Waals surface area contributed by atoms with Crippen molar-refractivity contribution < 1.29 is 14.7 Å². The molecule has 1 amide bonds. The zero-order valence-electron chi connectivity index (χ0n) is 16.7. The molecule has 1 aromatic heterocycles. The maximum Gasteiger partial charge on any atom is 0.329 e. The third-order valence-electron chi connectivity index (χ3n) is 4.95. The first-order valence-electron chi connectivity index (χ1n) is 9.60. The number of carboxylic acids is 1. The number of nitrogens with one attached hydrogen (secondary N) is 2. The summed E-state index contributed by atoms with van der Waals surface area (Å²) < 4.78 is 0.865. The molecule has 1 heterocycles. The Morgan fingerprint density at radius 3 is 2.30 bits per heavy atom. The fourth-order valence-corrected chi connectivity index (χ4v) is 3.36. The van der Waals surface area contributed by atoms with Gasteiger partial charge in [0.15, 0.2) is 0 Å². The number of aliphatic carboxylic acids is 1. The number of H-pyrrole nitrogens is 1. The summed E-state index contributed by atoms with van der Waals surface area (Å²) in [5.41, 5.74) is -0.241. The molecule has 2 atom stereocenters. The Morgan fingerprint density at radius 1 is 1.03 bits per heavy atom. The van der Waals surface area contributed by atoms with Crippen molar-refractivity contribution in [2.75, 3.05) is 0 Å². The summed E-state index contributed by atoms with van der Waals surface area (Å²) in [6.07, 6.45) is 0.0540. The van der Waals surface area contributed by atoms with Crippen LogP contribution in [0.5, 0.6) is 0 Å². The van der Waals surface area contributed by atoms with Crippen LogP contribution in [-0.2, 0) is 16.0 Å². The molecule has 2 aromatic carbocycles. The minimum atomic E-state index is -1.21. The van der Waals surface area contributed by atoms with Gasteiger partial charge in [0.1, 0.15) is 12.1 Å². The van der Waals surface area contributed by atoms with Crippen LogP contribution >= 0.6 is 0 Å². The Balaban J connectivity index is 2.12. The summed E-state index contributed by atoms with van der Waals surface area (Å²) in [5, 5.41) is 12.2. The number of rotatable bonds is 7. The van der Waals surface area contributed by atoms with Crippen LogP contribution in [0.3, 0.4) is 0 Å². The maximum atomic E-state index is 13.1. The number of hydrogen-bond acceptors (Lipinski definition) is 4. The van der Waals surface area contributed by atoms with Crippen molar-refractivity contribution in [3.63, 3.8) is 0 Å². The van der Waals surface area contributed by atoms with Gasteiger partial charge < -0.3 is 15.4 Å². The number of carboxylic acid groups (broad SMARTS) is 1. The molecular formula is C22H23N3O5. The van der Waals surface area contributed by atoms with Gasteiger partial charge in [0.05, 0.1) is 10.9 Å². The van der Waals surface area contributed by atoms with Crippen molar-refractivity contribution in [1.29, 1.82) is 0 Å². The maximum absolute atomic E-state index is 13.1. The molecule has 0 fully saturated rings. The van der Waals surface area contributed by atoms with Crippen LogP contribution in [0, 0.1) is 5.92 Å². The van der Waals surface area contributed by atoms with E-state index in [1.165, 1.54) is 0 Å². The molecule has 0 aliphatic carbocycles. The number of amides is 1.